The first-order valence-corrected chi connectivity index (χ1v) is 6.45. The Balaban J connectivity index is 1.72. The van der Waals surface area contributed by atoms with Gasteiger partial charge in [0, 0.05) is 19.5 Å². The fourth-order valence-corrected chi connectivity index (χ4v) is 2.33. The van der Waals surface area contributed by atoms with E-state index in [1.54, 1.807) is 6.92 Å². The van der Waals surface area contributed by atoms with Crippen molar-refractivity contribution in [1.29, 1.82) is 0 Å². The highest BCUT2D eigenvalue weighted by molar-refractivity contribution is 5.87. The number of hydrogen-bond acceptors (Lipinski definition) is 3. The number of amides is 2. The zero-order valence-corrected chi connectivity index (χ0v) is 10.4. The summed E-state index contributed by atoms with van der Waals surface area (Å²) in [5, 5.41) is 5.93. The fraction of sp³-hybridized carbons (Fsp3) is 0.833. The third kappa shape index (κ3) is 3.19. The summed E-state index contributed by atoms with van der Waals surface area (Å²) in [6.07, 6.45) is 2.70. The maximum absolute atomic E-state index is 11.9. The van der Waals surface area contributed by atoms with Crippen molar-refractivity contribution in [3.63, 3.8) is 0 Å². The lowest BCUT2D eigenvalue weighted by Crippen LogP contribution is -2.49. The molecule has 2 N–H and O–H groups in total. The Hall–Kier alpha value is -1.10. The van der Waals surface area contributed by atoms with Crippen molar-refractivity contribution < 1.29 is 9.59 Å². The molecular formula is C12H21N3O2. The molecule has 0 aliphatic carbocycles. The summed E-state index contributed by atoms with van der Waals surface area (Å²) in [6.45, 7) is 5.29. The van der Waals surface area contributed by atoms with Crippen LogP contribution in [0.1, 0.15) is 26.2 Å². The molecule has 5 nitrogen and oxygen atoms in total. The predicted molar refractivity (Wildman–Crippen MR) is 64.4 cm³/mol. The van der Waals surface area contributed by atoms with E-state index >= 15 is 0 Å². The van der Waals surface area contributed by atoms with Crippen LogP contribution in [0.5, 0.6) is 0 Å². The molecule has 2 amide bonds. The minimum Gasteiger partial charge on any atom is -0.345 e. The van der Waals surface area contributed by atoms with Gasteiger partial charge in [-0.05, 0) is 38.8 Å². The lowest BCUT2D eigenvalue weighted by Gasteiger charge is -2.27. The van der Waals surface area contributed by atoms with E-state index in [0.717, 1.165) is 39.0 Å². The molecule has 2 heterocycles. The molecule has 2 aliphatic heterocycles. The zero-order chi connectivity index (χ0) is 12.3. The Labute approximate surface area is 102 Å². The van der Waals surface area contributed by atoms with Gasteiger partial charge in [-0.2, -0.15) is 0 Å². The van der Waals surface area contributed by atoms with Crippen molar-refractivity contribution in [3.8, 4) is 0 Å². The van der Waals surface area contributed by atoms with Crippen LogP contribution in [0.2, 0.25) is 0 Å². The van der Waals surface area contributed by atoms with Crippen molar-refractivity contribution in [3.05, 3.63) is 0 Å². The van der Waals surface area contributed by atoms with Gasteiger partial charge in [0.15, 0.2) is 0 Å². The van der Waals surface area contributed by atoms with Crippen LogP contribution in [-0.4, -0.2) is 48.9 Å². The summed E-state index contributed by atoms with van der Waals surface area (Å²) in [4.78, 5) is 25.5. The highest BCUT2D eigenvalue weighted by Gasteiger charge is 2.26. The molecule has 17 heavy (non-hydrogen) atoms. The molecule has 0 radical (unpaired) electrons. The van der Waals surface area contributed by atoms with Gasteiger partial charge in [-0.25, -0.2) is 0 Å². The van der Waals surface area contributed by atoms with Crippen LogP contribution in [0, 0.1) is 5.92 Å². The van der Waals surface area contributed by atoms with Crippen LogP contribution in [0.4, 0.5) is 0 Å². The smallest absolute Gasteiger partial charge is 0.244 e. The van der Waals surface area contributed by atoms with E-state index in [-0.39, 0.29) is 17.9 Å². The van der Waals surface area contributed by atoms with Gasteiger partial charge in [0.05, 0.1) is 0 Å². The third-order valence-corrected chi connectivity index (χ3v) is 3.51. The molecule has 5 heteroatoms. The molecule has 0 aromatic carbocycles. The van der Waals surface area contributed by atoms with Gasteiger partial charge in [0.2, 0.25) is 11.8 Å². The zero-order valence-electron chi connectivity index (χ0n) is 10.4. The summed E-state index contributed by atoms with van der Waals surface area (Å²) in [6, 6.07) is -0.381. The number of nitrogens with one attached hydrogen (secondary N) is 2. The first-order valence-electron chi connectivity index (χ1n) is 6.45. The second kappa shape index (κ2) is 5.49. The maximum Gasteiger partial charge on any atom is 0.244 e. The average Bonchev–Trinajstić information content (AvgIpc) is 2.75. The van der Waals surface area contributed by atoms with Crippen molar-refractivity contribution >= 4 is 11.8 Å². The molecule has 2 saturated heterocycles. The molecule has 0 spiro atoms. The molecular weight excluding hydrogens is 218 g/mol. The molecule has 2 rings (SSSR count). The number of carbonyl (C=O) groups is 2. The fourth-order valence-electron chi connectivity index (χ4n) is 2.33. The molecule has 1 atom stereocenters. The lowest BCUT2D eigenvalue weighted by atomic mass is 9.99. The number of nitrogens with zero attached hydrogens (tertiary/aromatic N) is 1. The molecule has 0 aromatic heterocycles. The van der Waals surface area contributed by atoms with Crippen LogP contribution >= 0.6 is 0 Å². The summed E-state index contributed by atoms with van der Waals surface area (Å²) < 4.78 is 0. The molecule has 96 valence electrons. The Bertz CT molecular complexity index is 296. The van der Waals surface area contributed by atoms with E-state index in [4.69, 9.17) is 0 Å². The van der Waals surface area contributed by atoms with Gasteiger partial charge >= 0.3 is 0 Å². The highest BCUT2D eigenvalue weighted by Crippen LogP contribution is 2.10. The molecule has 1 unspecified atom stereocenters. The predicted octanol–water partition coefficient (Wildman–Crippen LogP) is -0.277. The SMILES string of the molecule is CC(NC(=O)CC1CNC1)C(=O)N1CCCC1. The van der Waals surface area contributed by atoms with E-state index < -0.39 is 0 Å². The first-order chi connectivity index (χ1) is 8.16. The van der Waals surface area contributed by atoms with Crippen LogP contribution < -0.4 is 10.6 Å². The summed E-state index contributed by atoms with van der Waals surface area (Å²) in [5.74, 6) is 0.503. The van der Waals surface area contributed by atoms with Gasteiger partial charge in [-0.3, -0.25) is 9.59 Å². The standard InChI is InChI=1S/C12H21N3O2/c1-9(12(17)15-4-2-3-5-15)14-11(16)6-10-7-13-8-10/h9-10,13H,2-8H2,1H3,(H,14,16). The molecule has 2 fully saturated rings. The van der Waals surface area contributed by atoms with Gasteiger partial charge in [-0.15, -0.1) is 0 Å². The Morgan fingerprint density at radius 2 is 2.00 bits per heavy atom. The number of hydrogen-bond donors (Lipinski definition) is 2. The first kappa shape index (κ1) is 12.4. The number of likely N-dealkylation sites (tertiary alicyclic amines) is 1. The largest absolute Gasteiger partial charge is 0.345 e. The molecule has 2 aliphatic rings. The van der Waals surface area contributed by atoms with Gasteiger partial charge in [0.25, 0.3) is 0 Å². The van der Waals surface area contributed by atoms with Crippen molar-refractivity contribution in [2.45, 2.75) is 32.2 Å². The second-order valence-corrected chi connectivity index (χ2v) is 5.05. The number of rotatable bonds is 4. The maximum atomic E-state index is 11.9. The summed E-state index contributed by atoms with van der Waals surface area (Å²) in [5.41, 5.74) is 0. The van der Waals surface area contributed by atoms with E-state index in [9.17, 15) is 9.59 Å². The van der Waals surface area contributed by atoms with E-state index in [2.05, 4.69) is 10.6 Å². The van der Waals surface area contributed by atoms with E-state index in [1.165, 1.54) is 0 Å². The minimum absolute atomic E-state index is 0.00320. The minimum atomic E-state index is -0.381. The molecule has 0 saturated carbocycles. The summed E-state index contributed by atoms with van der Waals surface area (Å²) in [7, 11) is 0. The van der Waals surface area contributed by atoms with Crippen LogP contribution in [0.25, 0.3) is 0 Å². The monoisotopic (exact) mass is 239 g/mol. The van der Waals surface area contributed by atoms with Crippen molar-refractivity contribution in [2.75, 3.05) is 26.2 Å². The Morgan fingerprint density at radius 3 is 2.53 bits per heavy atom. The Morgan fingerprint density at radius 1 is 1.35 bits per heavy atom. The number of carbonyl (C=O) groups excluding carboxylic acids is 2. The van der Waals surface area contributed by atoms with Crippen LogP contribution in [0.15, 0.2) is 0 Å². The third-order valence-electron chi connectivity index (χ3n) is 3.51. The quantitative estimate of drug-likeness (QED) is 0.709. The van der Waals surface area contributed by atoms with Crippen LogP contribution in [0.3, 0.4) is 0 Å². The second-order valence-electron chi connectivity index (χ2n) is 5.05. The van der Waals surface area contributed by atoms with Gasteiger partial charge in [0.1, 0.15) is 6.04 Å². The normalized spacial score (nSPS) is 22.1. The van der Waals surface area contributed by atoms with Gasteiger partial charge in [-0.1, -0.05) is 0 Å². The van der Waals surface area contributed by atoms with E-state index in [1.807, 2.05) is 4.90 Å². The van der Waals surface area contributed by atoms with Crippen LogP contribution in [-0.2, 0) is 9.59 Å². The summed E-state index contributed by atoms with van der Waals surface area (Å²) >= 11 is 0. The van der Waals surface area contributed by atoms with E-state index in [0.29, 0.717) is 12.3 Å². The van der Waals surface area contributed by atoms with Crippen molar-refractivity contribution in [1.82, 2.24) is 15.5 Å². The molecule has 0 bridgehead atoms. The van der Waals surface area contributed by atoms with Gasteiger partial charge < -0.3 is 15.5 Å². The highest BCUT2D eigenvalue weighted by atomic mass is 16.2. The topological polar surface area (TPSA) is 61.4 Å². The molecule has 0 aromatic rings. The lowest BCUT2D eigenvalue weighted by molar-refractivity contribution is -0.135. The Kier molecular flexibility index (Phi) is 3.99. The average molecular weight is 239 g/mol. The van der Waals surface area contributed by atoms with Crippen molar-refractivity contribution in [2.24, 2.45) is 5.92 Å².